The van der Waals surface area contributed by atoms with Gasteiger partial charge in [-0.15, -0.1) is 11.8 Å². The fourth-order valence-corrected chi connectivity index (χ4v) is 3.37. The van der Waals surface area contributed by atoms with Gasteiger partial charge in [0.2, 0.25) is 11.7 Å². The predicted octanol–water partition coefficient (Wildman–Crippen LogP) is 1.96. The lowest BCUT2D eigenvalue weighted by atomic mass is 10.3. The molecule has 21 heavy (non-hydrogen) atoms. The van der Waals surface area contributed by atoms with E-state index in [0.29, 0.717) is 18.3 Å². The zero-order valence-electron chi connectivity index (χ0n) is 11.3. The molecule has 0 saturated carbocycles. The molecule has 0 radical (unpaired) electrons. The summed E-state index contributed by atoms with van der Waals surface area (Å²) in [6.07, 6.45) is -0.174. The number of hydrogen-bond donors (Lipinski definition) is 1. The van der Waals surface area contributed by atoms with Crippen LogP contribution in [0.25, 0.3) is 0 Å². The number of nitrogens with zero attached hydrogens (tertiary/aromatic N) is 2. The highest BCUT2D eigenvalue weighted by atomic mass is 32.2. The van der Waals surface area contributed by atoms with Crippen LogP contribution in [0.3, 0.4) is 0 Å². The van der Waals surface area contributed by atoms with Gasteiger partial charge in [-0.25, -0.2) is 0 Å². The van der Waals surface area contributed by atoms with Crippen LogP contribution < -0.4 is 10.1 Å². The summed E-state index contributed by atoms with van der Waals surface area (Å²) in [7, 11) is 0. The Morgan fingerprint density at radius 1 is 1.29 bits per heavy atom. The number of rotatable bonds is 2. The lowest BCUT2D eigenvalue weighted by molar-refractivity contribution is 0.0659. The quantitative estimate of drug-likeness (QED) is 0.909. The summed E-state index contributed by atoms with van der Waals surface area (Å²) in [6, 6.07) is 7.97. The van der Waals surface area contributed by atoms with Crippen LogP contribution in [0.1, 0.15) is 23.9 Å². The Labute approximate surface area is 126 Å². The molecule has 6 nitrogen and oxygen atoms in total. The van der Waals surface area contributed by atoms with Gasteiger partial charge in [-0.3, -0.25) is 0 Å². The van der Waals surface area contributed by atoms with Crippen molar-refractivity contribution in [1.82, 2.24) is 15.5 Å². The van der Waals surface area contributed by atoms with E-state index < -0.39 is 0 Å². The lowest BCUT2D eigenvalue weighted by Crippen LogP contribution is -2.34. The maximum Gasteiger partial charge on any atom is 0.246 e. The second kappa shape index (κ2) is 5.67. The molecule has 110 valence electrons. The van der Waals surface area contributed by atoms with Crippen molar-refractivity contribution in [3.63, 3.8) is 0 Å². The molecule has 2 aliphatic rings. The summed E-state index contributed by atoms with van der Waals surface area (Å²) in [5.74, 6) is 2.82. The molecule has 1 N–H and O–H groups in total. The minimum atomic E-state index is -0.174. The smallest absolute Gasteiger partial charge is 0.246 e. The van der Waals surface area contributed by atoms with Crippen molar-refractivity contribution in [1.29, 1.82) is 0 Å². The Bertz CT molecular complexity index is 627. The number of hydrogen-bond acceptors (Lipinski definition) is 7. The fraction of sp³-hybridized carbons (Fsp3) is 0.429. The average molecular weight is 305 g/mol. The molecule has 1 aromatic heterocycles. The molecule has 3 heterocycles. The van der Waals surface area contributed by atoms with E-state index in [2.05, 4.69) is 21.5 Å². The predicted molar refractivity (Wildman–Crippen MR) is 76.4 cm³/mol. The summed E-state index contributed by atoms with van der Waals surface area (Å²) in [6.45, 7) is 2.08. The van der Waals surface area contributed by atoms with E-state index in [1.54, 1.807) is 11.8 Å². The molecule has 1 saturated heterocycles. The Kier molecular flexibility index (Phi) is 3.54. The van der Waals surface area contributed by atoms with E-state index in [-0.39, 0.29) is 12.1 Å². The second-order valence-corrected chi connectivity index (χ2v) is 6.00. The third-order valence-electron chi connectivity index (χ3n) is 3.47. The summed E-state index contributed by atoms with van der Waals surface area (Å²) in [5.41, 5.74) is 0. The molecule has 0 spiro atoms. The highest BCUT2D eigenvalue weighted by Crippen LogP contribution is 2.39. The number of nitrogens with one attached hydrogen (secondary N) is 1. The Hall–Kier alpha value is -1.57. The Morgan fingerprint density at radius 3 is 3.14 bits per heavy atom. The summed E-state index contributed by atoms with van der Waals surface area (Å²) in [4.78, 5) is 5.62. The molecule has 7 heteroatoms. The molecule has 2 aliphatic heterocycles. The largest absolute Gasteiger partial charge is 0.480 e. The number of para-hydroxylation sites is 1. The van der Waals surface area contributed by atoms with Crippen LogP contribution in [0.2, 0.25) is 0 Å². The van der Waals surface area contributed by atoms with Crippen molar-refractivity contribution in [3.8, 4) is 5.75 Å². The molecule has 2 aromatic rings. The number of thioether (sulfide) groups is 1. The summed E-state index contributed by atoms with van der Waals surface area (Å²) in [5, 5.41) is 7.37. The normalized spacial score (nSPS) is 25.1. The molecule has 4 rings (SSSR count). The molecule has 2 unspecified atom stereocenters. The Balaban J connectivity index is 1.51. The lowest BCUT2D eigenvalue weighted by Gasteiger charge is -2.23. The third kappa shape index (κ3) is 2.64. The minimum absolute atomic E-state index is 0.0245. The van der Waals surface area contributed by atoms with E-state index >= 15 is 0 Å². The van der Waals surface area contributed by atoms with Crippen molar-refractivity contribution in [2.75, 3.05) is 25.5 Å². The van der Waals surface area contributed by atoms with Crippen molar-refractivity contribution in [2.24, 2.45) is 0 Å². The standard InChI is InChI=1S/C14H15N3O3S/c1-2-4-12-10(3-1)19-11(8-21-12)13-16-14(20-17-13)9-7-18-6-5-15-9/h1-4,9,11,15H,5-8H2. The van der Waals surface area contributed by atoms with Gasteiger partial charge in [0.25, 0.3) is 0 Å². The highest BCUT2D eigenvalue weighted by molar-refractivity contribution is 7.99. The van der Waals surface area contributed by atoms with Gasteiger partial charge in [-0.1, -0.05) is 17.3 Å². The van der Waals surface area contributed by atoms with Crippen molar-refractivity contribution >= 4 is 11.8 Å². The van der Waals surface area contributed by atoms with Crippen LogP contribution in [-0.2, 0) is 4.74 Å². The molecule has 0 amide bonds. The number of fused-ring (bicyclic) bond motifs is 1. The average Bonchev–Trinajstić information content (AvgIpc) is 3.05. The van der Waals surface area contributed by atoms with Crippen molar-refractivity contribution in [3.05, 3.63) is 36.0 Å². The zero-order valence-corrected chi connectivity index (χ0v) is 12.1. The Morgan fingerprint density at radius 2 is 2.24 bits per heavy atom. The van der Waals surface area contributed by atoms with E-state index in [0.717, 1.165) is 29.5 Å². The SMILES string of the molecule is c1ccc2c(c1)OC(c1noc(C3COCCN3)n1)CS2. The van der Waals surface area contributed by atoms with Crippen LogP contribution in [0.4, 0.5) is 0 Å². The van der Waals surface area contributed by atoms with E-state index in [1.807, 2.05) is 18.2 Å². The maximum atomic E-state index is 5.96. The molecule has 0 bridgehead atoms. The fourth-order valence-electron chi connectivity index (χ4n) is 2.39. The van der Waals surface area contributed by atoms with Crippen LogP contribution in [-0.4, -0.2) is 35.7 Å². The number of morpholine rings is 1. The van der Waals surface area contributed by atoms with E-state index in [1.165, 1.54) is 0 Å². The van der Waals surface area contributed by atoms with Gasteiger partial charge >= 0.3 is 0 Å². The first-order valence-electron chi connectivity index (χ1n) is 6.93. The summed E-state index contributed by atoms with van der Waals surface area (Å²) >= 11 is 1.75. The number of benzene rings is 1. The second-order valence-electron chi connectivity index (χ2n) is 4.94. The molecular formula is C14H15N3O3S. The van der Waals surface area contributed by atoms with Crippen molar-refractivity contribution in [2.45, 2.75) is 17.0 Å². The van der Waals surface area contributed by atoms with Gasteiger partial charge in [-0.2, -0.15) is 4.98 Å². The molecule has 0 aliphatic carbocycles. The van der Waals surface area contributed by atoms with Crippen LogP contribution in [0, 0.1) is 0 Å². The first kappa shape index (κ1) is 13.1. The van der Waals surface area contributed by atoms with E-state index in [4.69, 9.17) is 14.0 Å². The summed E-state index contributed by atoms with van der Waals surface area (Å²) < 4.78 is 16.7. The van der Waals surface area contributed by atoms with Gasteiger partial charge in [0.15, 0.2) is 6.10 Å². The zero-order chi connectivity index (χ0) is 14.1. The molecule has 1 fully saturated rings. The third-order valence-corrected chi connectivity index (χ3v) is 4.59. The first-order valence-corrected chi connectivity index (χ1v) is 7.92. The first-order chi connectivity index (χ1) is 10.4. The van der Waals surface area contributed by atoms with Crippen LogP contribution >= 0.6 is 11.8 Å². The maximum absolute atomic E-state index is 5.96. The highest BCUT2D eigenvalue weighted by Gasteiger charge is 2.28. The van der Waals surface area contributed by atoms with Gasteiger partial charge in [-0.05, 0) is 12.1 Å². The van der Waals surface area contributed by atoms with Gasteiger partial charge in [0, 0.05) is 17.2 Å². The molecule has 2 atom stereocenters. The molecular weight excluding hydrogens is 290 g/mol. The van der Waals surface area contributed by atoms with Crippen molar-refractivity contribution < 1.29 is 14.0 Å². The van der Waals surface area contributed by atoms with Gasteiger partial charge in [0.05, 0.1) is 13.2 Å². The van der Waals surface area contributed by atoms with Crippen LogP contribution in [0.15, 0.2) is 33.7 Å². The van der Waals surface area contributed by atoms with Crippen LogP contribution in [0.5, 0.6) is 5.75 Å². The topological polar surface area (TPSA) is 69.4 Å². The number of aromatic nitrogens is 2. The monoisotopic (exact) mass is 305 g/mol. The van der Waals surface area contributed by atoms with E-state index in [9.17, 15) is 0 Å². The number of ether oxygens (including phenoxy) is 2. The van der Waals surface area contributed by atoms with Gasteiger partial charge < -0.3 is 19.3 Å². The minimum Gasteiger partial charge on any atom is -0.480 e. The van der Waals surface area contributed by atoms with Gasteiger partial charge in [0.1, 0.15) is 11.8 Å². The molecule has 1 aromatic carbocycles.